The zero-order valence-electron chi connectivity index (χ0n) is 14.4. The highest BCUT2D eigenvalue weighted by molar-refractivity contribution is 6.40. The summed E-state index contributed by atoms with van der Waals surface area (Å²) >= 11 is 6.73. The largest absolute Gasteiger partial charge is 0.229 e. The molecular formula is C21H15ClN4. The van der Waals surface area contributed by atoms with Crippen LogP contribution >= 0.6 is 11.6 Å². The summed E-state index contributed by atoms with van der Waals surface area (Å²) in [6.45, 7) is 3.99. The number of fused-ring (bicyclic) bond motifs is 3. The quantitative estimate of drug-likeness (QED) is 0.403. The van der Waals surface area contributed by atoms with Crippen molar-refractivity contribution in [2.75, 3.05) is 0 Å². The van der Waals surface area contributed by atoms with Crippen LogP contribution in [0.2, 0.25) is 5.02 Å². The minimum absolute atomic E-state index is 0.693. The van der Waals surface area contributed by atoms with Crippen LogP contribution in [-0.2, 0) is 0 Å². The van der Waals surface area contributed by atoms with Crippen LogP contribution in [0.3, 0.4) is 0 Å². The van der Waals surface area contributed by atoms with Gasteiger partial charge in [0.2, 0.25) is 0 Å². The van der Waals surface area contributed by atoms with E-state index in [2.05, 4.69) is 11.2 Å². The maximum absolute atomic E-state index is 6.73. The molecule has 0 unspecified atom stereocenters. The van der Waals surface area contributed by atoms with Gasteiger partial charge in [-0.1, -0.05) is 48.0 Å². The summed E-state index contributed by atoms with van der Waals surface area (Å²) in [6.07, 6.45) is 0. The summed E-state index contributed by atoms with van der Waals surface area (Å²) in [5.74, 6) is 0.735. The lowest BCUT2D eigenvalue weighted by Crippen LogP contribution is -2.01. The molecule has 5 aromatic rings. The van der Waals surface area contributed by atoms with Gasteiger partial charge in [0.1, 0.15) is 0 Å². The number of aryl methyl sites for hydroxylation is 2. The highest BCUT2D eigenvalue weighted by Crippen LogP contribution is 2.34. The molecule has 0 saturated heterocycles. The minimum Gasteiger partial charge on any atom is -0.229 e. The monoisotopic (exact) mass is 358 g/mol. The lowest BCUT2D eigenvalue weighted by atomic mass is 10.1. The van der Waals surface area contributed by atoms with Crippen molar-refractivity contribution >= 4 is 44.4 Å². The van der Waals surface area contributed by atoms with Gasteiger partial charge in [-0.2, -0.15) is 9.78 Å². The highest BCUT2D eigenvalue weighted by atomic mass is 35.5. The molecule has 5 rings (SSSR count). The average Bonchev–Trinajstić information content (AvgIpc) is 2.99. The standard InChI is InChI=1S/C21H15ClN4/c1-12-6-5-8-15-19(22)18-13(2)25-26(21(18)24-20(12)15)17-11-10-14-7-3-4-9-16(14)23-17/h3-11H,1-2H3. The van der Waals surface area contributed by atoms with Crippen LogP contribution in [0.4, 0.5) is 0 Å². The lowest BCUT2D eigenvalue weighted by Gasteiger charge is -2.07. The zero-order valence-corrected chi connectivity index (χ0v) is 15.1. The van der Waals surface area contributed by atoms with Gasteiger partial charge in [-0.15, -0.1) is 0 Å². The first-order chi connectivity index (χ1) is 12.6. The molecule has 0 radical (unpaired) electrons. The maximum atomic E-state index is 6.73. The van der Waals surface area contributed by atoms with E-state index in [9.17, 15) is 0 Å². The van der Waals surface area contributed by atoms with Crippen LogP contribution in [0.5, 0.6) is 0 Å². The maximum Gasteiger partial charge on any atom is 0.167 e. The van der Waals surface area contributed by atoms with Gasteiger partial charge in [0, 0.05) is 10.8 Å². The molecule has 0 saturated carbocycles. The summed E-state index contributed by atoms with van der Waals surface area (Å²) in [7, 11) is 0. The van der Waals surface area contributed by atoms with Crippen LogP contribution < -0.4 is 0 Å². The number of hydrogen-bond donors (Lipinski definition) is 0. The molecule has 0 aliphatic carbocycles. The highest BCUT2D eigenvalue weighted by Gasteiger charge is 2.18. The number of para-hydroxylation sites is 2. The molecular weight excluding hydrogens is 344 g/mol. The van der Waals surface area contributed by atoms with Crippen molar-refractivity contribution in [3.63, 3.8) is 0 Å². The van der Waals surface area contributed by atoms with Crippen LogP contribution in [0, 0.1) is 13.8 Å². The normalized spacial score (nSPS) is 11.7. The van der Waals surface area contributed by atoms with Crippen molar-refractivity contribution in [1.29, 1.82) is 0 Å². The van der Waals surface area contributed by atoms with E-state index < -0.39 is 0 Å². The fourth-order valence-corrected chi connectivity index (χ4v) is 3.81. The Kier molecular flexibility index (Phi) is 3.24. The molecule has 0 spiro atoms. The number of aromatic nitrogens is 4. The Hall–Kier alpha value is -2.98. The number of halogens is 1. The molecule has 2 aromatic carbocycles. The Morgan fingerprint density at radius 1 is 0.885 bits per heavy atom. The molecule has 5 heteroatoms. The van der Waals surface area contributed by atoms with Gasteiger partial charge in [-0.25, -0.2) is 9.97 Å². The first kappa shape index (κ1) is 15.3. The van der Waals surface area contributed by atoms with E-state index in [1.807, 2.05) is 62.4 Å². The Morgan fingerprint density at radius 2 is 1.73 bits per heavy atom. The van der Waals surface area contributed by atoms with Crippen molar-refractivity contribution in [1.82, 2.24) is 19.7 Å². The average molecular weight is 359 g/mol. The van der Waals surface area contributed by atoms with E-state index in [-0.39, 0.29) is 0 Å². The van der Waals surface area contributed by atoms with Gasteiger partial charge in [0.05, 0.1) is 27.1 Å². The second-order valence-corrected chi connectivity index (χ2v) is 6.83. The molecule has 3 heterocycles. The zero-order chi connectivity index (χ0) is 17.8. The second-order valence-electron chi connectivity index (χ2n) is 6.45. The molecule has 0 fully saturated rings. The van der Waals surface area contributed by atoms with E-state index in [0.717, 1.165) is 49.9 Å². The molecule has 4 nitrogen and oxygen atoms in total. The number of hydrogen-bond acceptors (Lipinski definition) is 3. The summed E-state index contributed by atoms with van der Waals surface area (Å²) in [5.41, 5.74) is 4.48. The molecule has 126 valence electrons. The molecule has 0 aliphatic heterocycles. The van der Waals surface area contributed by atoms with Crippen LogP contribution in [0.15, 0.2) is 54.6 Å². The lowest BCUT2D eigenvalue weighted by molar-refractivity contribution is 0.854. The van der Waals surface area contributed by atoms with Gasteiger partial charge in [0.15, 0.2) is 11.5 Å². The summed E-state index contributed by atoms with van der Waals surface area (Å²) in [4.78, 5) is 9.65. The third-order valence-corrected chi connectivity index (χ3v) is 5.14. The molecule has 0 aliphatic rings. The summed E-state index contributed by atoms with van der Waals surface area (Å²) in [6, 6.07) is 18.1. The first-order valence-electron chi connectivity index (χ1n) is 8.44. The van der Waals surface area contributed by atoms with Gasteiger partial charge in [-0.05, 0) is 37.6 Å². The molecule has 3 aromatic heterocycles. The van der Waals surface area contributed by atoms with Crippen LogP contribution in [0.25, 0.3) is 38.7 Å². The summed E-state index contributed by atoms with van der Waals surface area (Å²) < 4.78 is 1.79. The van der Waals surface area contributed by atoms with Crippen molar-refractivity contribution < 1.29 is 0 Å². The molecule has 0 N–H and O–H groups in total. The van der Waals surface area contributed by atoms with Crippen molar-refractivity contribution in [2.45, 2.75) is 13.8 Å². The number of pyridine rings is 2. The molecule has 0 atom stereocenters. The number of nitrogens with zero attached hydrogens (tertiary/aromatic N) is 4. The van der Waals surface area contributed by atoms with Crippen molar-refractivity contribution in [3.8, 4) is 5.82 Å². The topological polar surface area (TPSA) is 43.6 Å². The first-order valence-corrected chi connectivity index (χ1v) is 8.81. The van der Waals surface area contributed by atoms with Gasteiger partial charge in [0.25, 0.3) is 0 Å². The number of benzene rings is 2. The van der Waals surface area contributed by atoms with Crippen molar-refractivity contribution in [2.24, 2.45) is 0 Å². The molecule has 0 amide bonds. The fraction of sp³-hybridized carbons (Fsp3) is 0.0952. The van der Waals surface area contributed by atoms with Gasteiger partial charge < -0.3 is 0 Å². The fourth-order valence-electron chi connectivity index (χ4n) is 3.43. The van der Waals surface area contributed by atoms with E-state index in [4.69, 9.17) is 21.6 Å². The third-order valence-electron chi connectivity index (χ3n) is 4.75. The van der Waals surface area contributed by atoms with E-state index in [0.29, 0.717) is 5.02 Å². The third kappa shape index (κ3) is 2.12. The van der Waals surface area contributed by atoms with Gasteiger partial charge in [-0.3, -0.25) is 0 Å². The van der Waals surface area contributed by atoms with E-state index in [1.165, 1.54) is 0 Å². The Balaban J connectivity index is 1.88. The van der Waals surface area contributed by atoms with Crippen LogP contribution in [-0.4, -0.2) is 19.7 Å². The van der Waals surface area contributed by atoms with Gasteiger partial charge >= 0.3 is 0 Å². The molecule has 0 bridgehead atoms. The Labute approximate surface area is 155 Å². The SMILES string of the molecule is Cc1cccc2c(Cl)c3c(C)nn(-c4ccc5ccccc5n4)c3nc12. The van der Waals surface area contributed by atoms with E-state index in [1.54, 1.807) is 4.68 Å². The minimum atomic E-state index is 0.693. The molecule has 26 heavy (non-hydrogen) atoms. The smallest absolute Gasteiger partial charge is 0.167 e. The summed E-state index contributed by atoms with van der Waals surface area (Å²) in [5, 5.41) is 8.30. The Morgan fingerprint density at radius 3 is 2.62 bits per heavy atom. The van der Waals surface area contributed by atoms with Crippen molar-refractivity contribution in [3.05, 3.63) is 70.9 Å². The van der Waals surface area contributed by atoms with E-state index >= 15 is 0 Å². The predicted molar refractivity (Wildman–Crippen MR) is 106 cm³/mol. The van der Waals surface area contributed by atoms with Crippen LogP contribution in [0.1, 0.15) is 11.3 Å². The number of rotatable bonds is 1. The Bertz CT molecular complexity index is 1320. The second kappa shape index (κ2) is 5.51. The predicted octanol–water partition coefficient (Wildman–Crippen LogP) is 5.39.